The minimum Gasteiger partial charge on any atom is -0.472 e. The van der Waals surface area contributed by atoms with Gasteiger partial charge in [-0.25, -0.2) is 0 Å². The third kappa shape index (κ3) is 2.55. The first-order valence-electron chi connectivity index (χ1n) is 6.60. The van der Waals surface area contributed by atoms with Gasteiger partial charge in [-0.3, -0.25) is 4.90 Å². The average Bonchev–Trinajstić information content (AvgIpc) is 2.84. The van der Waals surface area contributed by atoms with Crippen LogP contribution in [0.25, 0.3) is 0 Å². The summed E-state index contributed by atoms with van der Waals surface area (Å²) in [7, 11) is 2.03. The fourth-order valence-corrected chi connectivity index (χ4v) is 3.02. The Morgan fingerprint density at radius 2 is 2.00 bits per heavy atom. The van der Waals surface area contributed by atoms with Crippen LogP contribution in [-0.2, 0) is 0 Å². The molecule has 1 aromatic rings. The van der Waals surface area contributed by atoms with E-state index in [2.05, 4.69) is 30.1 Å². The molecule has 1 aromatic heterocycles. The molecule has 17 heavy (non-hydrogen) atoms. The van der Waals surface area contributed by atoms with Crippen LogP contribution >= 0.6 is 0 Å². The van der Waals surface area contributed by atoms with E-state index in [-0.39, 0.29) is 5.54 Å². The highest BCUT2D eigenvalue weighted by Crippen LogP contribution is 2.32. The van der Waals surface area contributed by atoms with Crippen molar-refractivity contribution in [1.82, 2.24) is 10.2 Å². The number of rotatable bonds is 4. The van der Waals surface area contributed by atoms with E-state index in [4.69, 9.17) is 4.42 Å². The lowest BCUT2D eigenvalue weighted by Crippen LogP contribution is -2.53. The van der Waals surface area contributed by atoms with Gasteiger partial charge in [0.25, 0.3) is 0 Å². The van der Waals surface area contributed by atoms with E-state index in [0.29, 0.717) is 6.04 Å². The Bertz CT molecular complexity index is 326. The van der Waals surface area contributed by atoms with E-state index in [1.807, 2.05) is 13.3 Å². The van der Waals surface area contributed by atoms with Crippen LogP contribution in [-0.4, -0.2) is 30.6 Å². The van der Waals surface area contributed by atoms with Gasteiger partial charge in [0.05, 0.1) is 18.6 Å². The molecular weight excluding hydrogens is 212 g/mol. The second kappa shape index (κ2) is 5.23. The Labute approximate surface area is 104 Å². The van der Waals surface area contributed by atoms with Crippen LogP contribution in [0.15, 0.2) is 23.0 Å². The summed E-state index contributed by atoms with van der Waals surface area (Å²) in [5.41, 5.74) is 1.36. The molecule has 1 N–H and O–H groups in total. The molecule has 0 bridgehead atoms. The summed E-state index contributed by atoms with van der Waals surface area (Å²) in [5.74, 6) is 0. The SMILES string of the molecule is CNC(c1ccoc1)C(C)(C)N1CCCCC1. The van der Waals surface area contributed by atoms with Crippen LogP contribution < -0.4 is 5.32 Å². The van der Waals surface area contributed by atoms with Crippen LogP contribution in [0.5, 0.6) is 0 Å². The van der Waals surface area contributed by atoms with Crippen molar-refractivity contribution >= 4 is 0 Å². The maximum absolute atomic E-state index is 5.22. The smallest absolute Gasteiger partial charge is 0.0951 e. The Balaban J connectivity index is 2.16. The minimum absolute atomic E-state index is 0.124. The molecule has 1 fully saturated rings. The number of nitrogens with one attached hydrogen (secondary N) is 1. The van der Waals surface area contributed by atoms with Gasteiger partial charge in [-0.1, -0.05) is 6.42 Å². The zero-order chi connectivity index (χ0) is 12.3. The van der Waals surface area contributed by atoms with E-state index in [0.717, 1.165) is 0 Å². The van der Waals surface area contributed by atoms with Gasteiger partial charge in [0.1, 0.15) is 0 Å². The maximum Gasteiger partial charge on any atom is 0.0951 e. The third-order valence-electron chi connectivity index (χ3n) is 4.04. The Morgan fingerprint density at radius 3 is 2.53 bits per heavy atom. The summed E-state index contributed by atoms with van der Waals surface area (Å²) in [5, 5.41) is 3.44. The molecule has 1 saturated heterocycles. The largest absolute Gasteiger partial charge is 0.472 e. The number of hydrogen-bond acceptors (Lipinski definition) is 3. The van der Waals surface area contributed by atoms with Crippen molar-refractivity contribution in [1.29, 1.82) is 0 Å². The highest BCUT2D eigenvalue weighted by molar-refractivity contribution is 5.17. The molecule has 1 aliphatic heterocycles. The number of likely N-dealkylation sites (tertiary alicyclic amines) is 1. The van der Waals surface area contributed by atoms with E-state index in [1.165, 1.54) is 37.9 Å². The van der Waals surface area contributed by atoms with Crippen molar-refractivity contribution in [2.45, 2.75) is 44.7 Å². The molecule has 0 aliphatic carbocycles. The summed E-state index contributed by atoms with van der Waals surface area (Å²) < 4.78 is 5.22. The van der Waals surface area contributed by atoms with Crippen molar-refractivity contribution in [2.75, 3.05) is 20.1 Å². The molecule has 3 heteroatoms. The second-order valence-corrected chi connectivity index (χ2v) is 5.48. The third-order valence-corrected chi connectivity index (χ3v) is 4.04. The first kappa shape index (κ1) is 12.7. The predicted octanol–water partition coefficient (Wildman–Crippen LogP) is 2.80. The van der Waals surface area contributed by atoms with Crippen molar-refractivity contribution in [3.63, 3.8) is 0 Å². The molecule has 0 aromatic carbocycles. The zero-order valence-electron chi connectivity index (χ0n) is 11.2. The molecular formula is C14H24N2O. The topological polar surface area (TPSA) is 28.4 Å². The van der Waals surface area contributed by atoms with Crippen LogP contribution in [0.3, 0.4) is 0 Å². The van der Waals surface area contributed by atoms with Gasteiger partial charge in [0.15, 0.2) is 0 Å². The molecule has 0 saturated carbocycles. The monoisotopic (exact) mass is 236 g/mol. The van der Waals surface area contributed by atoms with E-state index < -0.39 is 0 Å². The fraction of sp³-hybridized carbons (Fsp3) is 0.714. The van der Waals surface area contributed by atoms with Crippen molar-refractivity contribution in [3.05, 3.63) is 24.2 Å². The number of nitrogens with zero attached hydrogens (tertiary/aromatic N) is 1. The minimum atomic E-state index is 0.124. The molecule has 3 nitrogen and oxygen atoms in total. The molecule has 0 amide bonds. The van der Waals surface area contributed by atoms with Gasteiger partial charge in [0.2, 0.25) is 0 Å². The summed E-state index contributed by atoms with van der Waals surface area (Å²) in [6.07, 6.45) is 7.64. The van der Waals surface area contributed by atoms with E-state index in [1.54, 1.807) is 6.26 Å². The molecule has 0 radical (unpaired) electrons. The van der Waals surface area contributed by atoms with E-state index in [9.17, 15) is 0 Å². The summed E-state index contributed by atoms with van der Waals surface area (Å²) in [6, 6.07) is 2.38. The highest BCUT2D eigenvalue weighted by Gasteiger charge is 2.36. The van der Waals surface area contributed by atoms with Crippen molar-refractivity contribution in [3.8, 4) is 0 Å². The van der Waals surface area contributed by atoms with Gasteiger partial charge in [-0.2, -0.15) is 0 Å². The maximum atomic E-state index is 5.22. The van der Waals surface area contributed by atoms with Gasteiger partial charge >= 0.3 is 0 Å². The first-order chi connectivity index (χ1) is 8.16. The molecule has 96 valence electrons. The quantitative estimate of drug-likeness (QED) is 0.871. The van der Waals surface area contributed by atoms with E-state index >= 15 is 0 Å². The lowest BCUT2D eigenvalue weighted by molar-refractivity contribution is 0.0631. The number of furan rings is 1. The standard InChI is InChI=1S/C14H24N2O/c1-14(2,16-8-5-4-6-9-16)13(15-3)12-7-10-17-11-12/h7,10-11,13,15H,4-6,8-9H2,1-3H3. The lowest BCUT2D eigenvalue weighted by Gasteiger charge is -2.45. The Kier molecular flexibility index (Phi) is 3.89. The molecule has 1 atom stereocenters. The lowest BCUT2D eigenvalue weighted by atomic mass is 9.86. The molecule has 2 heterocycles. The van der Waals surface area contributed by atoms with Gasteiger partial charge < -0.3 is 9.73 Å². The zero-order valence-corrected chi connectivity index (χ0v) is 11.2. The van der Waals surface area contributed by atoms with Crippen LogP contribution in [0.2, 0.25) is 0 Å². The summed E-state index contributed by atoms with van der Waals surface area (Å²) in [6.45, 7) is 7.07. The number of likely N-dealkylation sites (N-methyl/N-ethyl adjacent to an activating group) is 1. The molecule has 0 spiro atoms. The van der Waals surface area contributed by atoms with Gasteiger partial charge in [-0.15, -0.1) is 0 Å². The highest BCUT2D eigenvalue weighted by atomic mass is 16.3. The number of hydrogen-bond donors (Lipinski definition) is 1. The van der Waals surface area contributed by atoms with Crippen LogP contribution in [0.4, 0.5) is 0 Å². The molecule has 2 rings (SSSR count). The number of piperidine rings is 1. The molecule has 1 unspecified atom stereocenters. The van der Waals surface area contributed by atoms with Crippen LogP contribution in [0, 0.1) is 0 Å². The second-order valence-electron chi connectivity index (χ2n) is 5.48. The predicted molar refractivity (Wildman–Crippen MR) is 70.0 cm³/mol. The van der Waals surface area contributed by atoms with Crippen LogP contribution in [0.1, 0.15) is 44.7 Å². The Morgan fingerprint density at radius 1 is 1.29 bits per heavy atom. The average molecular weight is 236 g/mol. The van der Waals surface area contributed by atoms with Gasteiger partial charge in [0, 0.05) is 11.1 Å². The molecule has 1 aliphatic rings. The summed E-state index contributed by atoms with van der Waals surface area (Å²) >= 11 is 0. The van der Waals surface area contributed by atoms with Crippen molar-refractivity contribution < 1.29 is 4.42 Å². The van der Waals surface area contributed by atoms with Crippen molar-refractivity contribution in [2.24, 2.45) is 0 Å². The first-order valence-corrected chi connectivity index (χ1v) is 6.60. The van der Waals surface area contributed by atoms with Gasteiger partial charge in [-0.05, 0) is 52.9 Å². The fourth-order valence-electron chi connectivity index (χ4n) is 3.02. The normalized spacial score (nSPS) is 20.4. The summed E-state index contributed by atoms with van der Waals surface area (Å²) in [4.78, 5) is 2.60. The Hall–Kier alpha value is -0.800.